The summed E-state index contributed by atoms with van der Waals surface area (Å²) in [6, 6.07) is 5.48. The van der Waals surface area contributed by atoms with Gasteiger partial charge in [-0.05, 0) is 25.5 Å². The summed E-state index contributed by atoms with van der Waals surface area (Å²) < 4.78 is 34.1. The summed E-state index contributed by atoms with van der Waals surface area (Å²) >= 11 is 0. The molecule has 5 nitrogen and oxygen atoms in total. The molecular weight excluding hydrogens is 296 g/mol. The molecule has 7 heteroatoms. The maximum atomic E-state index is 14.5. The number of carbonyl (C=O) groups is 2. The molecule has 1 aliphatic heterocycles. The number of amides is 1. The van der Waals surface area contributed by atoms with Crippen molar-refractivity contribution in [2.75, 3.05) is 19.7 Å². The van der Waals surface area contributed by atoms with Crippen LogP contribution in [0, 0.1) is 5.92 Å². The van der Waals surface area contributed by atoms with Crippen LogP contribution < -0.4 is 4.74 Å². The zero-order chi connectivity index (χ0) is 16.3. The molecule has 0 aromatic heterocycles. The average Bonchev–Trinajstić information content (AvgIpc) is 2.97. The lowest BCUT2D eigenvalue weighted by Crippen LogP contribution is -2.41. The molecular formula is C15H17F2NO4. The van der Waals surface area contributed by atoms with E-state index in [0.717, 1.165) is 11.0 Å². The monoisotopic (exact) mass is 313 g/mol. The molecule has 0 spiro atoms. The molecule has 1 heterocycles. The fourth-order valence-corrected chi connectivity index (χ4v) is 2.47. The number of carbonyl (C=O) groups excluding carboxylic acids is 1. The predicted octanol–water partition coefficient (Wildman–Crippen LogP) is 2.11. The molecule has 1 N–H and O–H groups in total. The third-order valence-corrected chi connectivity index (χ3v) is 3.62. The van der Waals surface area contributed by atoms with Gasteiger partial charge in [0, 0.05) is 13.1 Å². The van der Waals surface area contributed by atoms with Crippen molar-refractivity contribution in [3.63, 3.8) is 0 Å². The summed E-state index contributed by atoms with van der Waals surface area (Å²) in [6.07, 6.45) is 0.185. The molecule has 0 radical (unpaired) electrons. The number of benzene rings is 1. The van der Waals surface area contributed by atoms with E-state index in [4.69, 9.17) is 9.84 Å². The van der Waals surface area contributed by atoms with E-state index in [1.54, 1.807) is 13.0 Å². The van der Waals surface area contributed by atoms with E-state index in [1.165, 1.54) is 12.1 Å². The van der Waals surface area contributed by atoms with Crippen LogP contribution in [0.2, 0.25) is 0 Å². The van der Waals surface area contributed by atoms with Gasteiger partial charge in [-0.3, -0.25) is 9.59 Å². The molecule has 1 aliphatic rings. The van der Waals surface area contributed by atoms with Crippen LogP contribution >= 0.6 is 0 Å². The lowest BCUT2D eigenvalue weighted by Gasteiger charge is -2.24. The average molecular weight is 313 g/mol. The standard InChI is InChI=1S/C15H17F2NO4/c1-2-22-12-6-4-3-5-11(12)15(16,17)14(21)18-8-7-10(9-18)13(19)20/h3-6,10H,2,7-9H2,1H3,(H,19,20). The molecule has 1 atom stereocenters. The molecule has 2 rings (SSSR count). The van der Waals surface area contributed by atoms with Crippen LogP contribution in [0.25, 0.3) is 0 Å². The van der Waals surface area contributed by atoms with Crippen LogP contribution in [0.5, 0.6) is 5.75 Å². The number of ether oxygens (including phenoxy) is 1. The van der Waals surface area contributed by atoms with Gasteiger partial charge in [0.05, 0.1) is 18.1 Å². The highest BCUT2D eigenvalue weighted by Gasteiger charge is 2.48. The van der Waals surface area contributed by atoms with Gasteiger partial charge in [0.2, 0.25) is 0 Å². The number of carboxylic acids is 1. The van der Waals surface area contributed by atoms with E-state index >= 15 is 0 Å². The van der Waals surface area contributed by atoms with Gasteiger partial charge in [0.1, 0.15) is 5.75 Å². The predicted molar refractivity (Wildman–Crippen MR) is 73.8 cm³/mol. The zero-order valence-corrected chi connectivity index (χ0v) is 12.1. The van der Waals surface area contributed by atoms with Gasteiger partial charge in [-0.2, -0.15) is 8.78 Å². The topological polar surface area (TPSA) is 66.8 Å². The lowest BCUT2D eigenvalue weighted by atomic mass is 10.1. The summed E-state index contributed by atoms with van der Waals surface area (Å²) in [6.45, 7) is 1.68. The molecule has 1 amide bonds. The van der Waals surface area contributed by atoms with E-state index in [-0.39, 0.29) is 31.9 Å². The van der Waals surface area contributed by atoms with Crippen LogP contribution in [0.3, 0.4) is 0 Å². The molecule has 1 aromatic carbocycles. The molecule has 0 saturated carbocycles. The Bertz CT molecular complexity index is 576. The van der Waals surface area contributed by atoms with Crippen LogP contribution in [0.1, 0.15) is 18.9 Å². The van der Waals surface area contributed by atoms with Gasteiger partial charge in [-0.15, -0.1) is 0 Å². The van der Waals surface area contributed by atoms with E-state index in [2.05, 4.69) is 0 Å². The van der Waals surface area contributed by atoms with Gasteiger partial charge < -0.3 is 14.7 Å². The second-order valence-corrected chi connectivity index (χ2v) is 5.08. The van der Waals surface area contributed by atoms with Crippen LogP contribution in [0.4, 0.5) is 8.78 Å². The number of carboxylic acid groups (broad SMARTS) is 1. The highest BCUT2D eigenvalue weighted by Crippen LogP contribution is 2.37. The number of alkyl halides is 2. The third-order valence-electron chi connectivity index (χ3n) is 3.62. The number of halogens is 2. The Labute approximate surface area is 126 Å². The molecule has 1 saturated heterocycles. The van der Waals surface area contributed by atoms with Crippen molar-refractivity contribution < 1.29 is 28.2 Å². The van der Waals surface area contributed by atoms with Gasteiger partial charge in [0.25, 0.3) is 5.91 Å². The fraction of sp³-hybridized carbons (Fsp3) is 0.467. The van der Waals surface area contributed by atoms with Crippen molar-refractivity contribution in [3.8, 4) is 5.75 Å². The van der Waals surface area contributed by atoms with Crippen molar-refractivity contribution in [2.24, 2.45) is 5.92 Å². The fourth-order valence-electron chi connectivity index (χ4n) is 2.47. The second kappa shape index (κ2) is 6.29. The van der Waals surface area contributed by atoms with Crippen LogP contribution in [-0.2, 0) is 15.5 Å². The van der Waals surface area contributed by atoms with Crippen molar-refractivity contribution in [1.29, 1.82) is 0 Å². The van der Waals surface area contributed by atoms with E-state index < -0.39 is 29.3 Å². The van der Waals surface area contributed by atoms with Gasteiger partial charge in [0.15, 0.2) is 0 Å². The quantitative estimate of drug-likeness (QED) is 0.904. The van der Waals surface area contributed by atoms with Crippen LogP contribution in [0.15, 0.2) is 24.3 Å². The first-order valence-electron chi connectivity index (χ1n) is 7.00. The first-order chi connectivity index (χ1) is 10.4. The largest absolute Gasteiger partial charge is 0.493 e. The number of likely N-dealkylation sites (tertiary alicyclic amines) is 1. The maximum absolute atomic E-state index is 14.5. The maximum Gasteiger partial charge on any atom is 0.353 e. The number of nitrogens with zero attached hydrogens (tertiary/aromatic N) is 1. The number of hydrogen-bond acceptors (Lipinski definition) is 3. The minimum atomic E-state index is -3.75. The van der Waals surface area contributed by atoms with E-state index in [1.807, 2.05) is 0 Å². The second-order valence-electron chi connectivity index (χ2n) is 5.08. The molecule has 1 aromatic rings. The number of rotatable bonds is 5. The van der Waals surface area contributed by atoms with Gasteiger partial charge in [-0.1, -0.05) is 12.1 Å². The zero-order valence-electron chi connectivity index (χ0n) is 12.1. The summed E-state index contributed by atoms with van der Waals surface area (Å²) in [4.78, 5) is 23.9. The van der Waals surface area contributed by atoms with Gasteiger partial charge >= 0.3 is 11.9 Å². The SMILES string of the molecule is CCOc1ccccc1C(F)(F)C(=O)N1CCC(C(=O)O)C1. The molecule has 0 aliphatic carbocycles. The van der Waals surface area contributed by atoms with Crippen molar-refractivity contribution in [2.45, 2.75) is 19.3 Å². The lowest BCUT2D eigenvalue weighted by molar-refractivity contribution is -0.158. The Morgan fingerprint density at radius 1 is 1.41 bits per heavy atom. The Kier molecular flexibility index (Phi) is 4.63. The normalized spacial score (nSPS) is 18.3. The Morgan fingerprint density at radius 2 is 2.09 bits per heavy atom. The Balaban J connectivity index is 2.23. The molecule has 120 valence electrons. The summed E-state index contributed by atoms with van der Waals surface area (Å²) in [5.74, 6) is -7.05. The van der Waals surface area contributed by atoms with E-state index in [0.29, 0.717) is 0 Å². The van der Waals surface area contributed by atoms with Gasteiger partial charge in [-0.25, -0.2) is 0 Å². The molecule has 0 bridgehead atoms. The Morgan fingerprint density at radius 3 is 2.68 bits per heavy atom. The van der Waals surface area contributed by atoms with Crippen molar-refractivity contribution >= 4 is 11.9 Å². The Hall–Kier alpha value is -2.18. The van der Waals surface area contributed by atoms with Crippen molar-refractivity contribution in [1.82, 2.24) is 4.90 Å². The first kappa shape index (κ1) is 16.2. The summed E-state index contributed by atoms with van der Waals surface area (Å²) in [5, 5.41) is 8.90. The molecule has 22 heavy (non-hydrogen) atoms. The highest BCUT2D eigenvalue weighted by atomic mass is 19.3. The van der Waals surface area contributed by atoms with Crippen molar-refractivity contribution in [3.05, 3.63) is 29.8 Å². The minimum Gasteiger partial charge on any atom is -0.493 e. The molecule has 1 unspecified atom stereocenters. The minimum absolute atomic E-state index is 0.0161. The smallest absolute Gasteiger partial charge is 0.353 e. The number of hydrogen-bond donors (Lipinski definition) is 1. The number of aliphatic carboxylic acids is 1. The van der Waals surface area contributed by atoms with E-state index in [9.17, 15) is 18.4 Å². The number of para-hydroxylation sites is 1. The molecule has 1 fully saturated rings. The summed E-state index contributed by atoms with van der Waals surface area (Å²) in [7, 11) is 0. The third kappa shape index (κ3) is 3.03. The first-order valence-corrected chi connectivity index (χ1v) is 7.00. The summed E-state index contributed by atoms with van der Waals surface area (Å²) in [5.41, 5.74) is -0.499. The highest BCUT2D eigenvalue weighted by molar-refractivity contribution is 5.86. The van der Waals surface area contributed by atoms with Crippen LogP contribution in [-0.4, -0.2) is 41.6 Å².